The molecule has 1 atom stereocenters. The van der Waals surface area contributed by atoms with Gasteiger partial charge in [-0.25, -0.2) is 4.79 Å². The minimum Gasteiger partial charge on any atom is -0.378 e. The van der Waals surface area contributed by atoms with E-state index in [1.807, 2.05) is 0 Å². The first kappa shape index (κ1) is 9.45. The number of ether oxygens (including phenoxy) is 1. The van der Waals surface area contributed by atoms with E-state index in [1.54, 1.807) is 0 Å². The molecule has 0 aromatic carbocycles. The summed E-state index contributed by atoms with van der Waals surface area (Å²) < 4.78 is 5.43. The van der Waals surface area contributed by atoms with E-state index in [4.69, 9.17) is 4.74 Å². The normalized spacial score (nSPS) is 27.1. The van der Waals surface area contributed by atoms with Gasteiger partial charge in [0.1, 0.15) is 6.54 Å². The van der Waals surface area contributed by atoms with Crippen LogP contribution >= 0.6 is 0 Å². The van der Waals surface area contributed by atoms with Crippen LogP contribution in [0.15, 0.2) is 0 Å². The van der Waals surface area contributed by atoms with Crippen molar-refractivity contribution in [3.63, 3.8) is 0 Å². The van der Waals surface area contributed by atoms with Crippen LogP contribution in [0.3, 0.4) is 0 Å². The third-order valence-corrected chi connectivity index (χ3v) is 2.61. The van der Waals surface area contributed by atoms with E-state index in [-0.39, 0.29) is 24.6 Å². The molecule has 2 saturated heterocycles. The van der Waals surface area contributed by atoms with Crippen molar-refractivity contribution in [1.82, 2.24) is 10.2 Å². The molecule has 2 fully saturated rings. The zero-order valence-electron chi connectivity index (χ0n) is 7.99. The number of urea groups is 1. The number of hydrogen-bond acceptors (Lipinski definition) is 3. The van der Waals surface area contributed by atoms with E-state index >= 15 is 0 Å². The Balaban J connectivity index is 1.74. The molecule has 1 N–H and O–H groups in total. The summed E-state index contributed by atoms with van der Waals surface area (Å²) in [5.41, 5.74) is 0. The fourth-order valence-electron chi connectivity index (χ4n) is 1.84. The first-order valence-corrected chi connectivity index (χ1v) is 4.96. The number of nitrogens with one attached hydrogen (secondary N) is 1. The molecule has 0 spiro atoms. The van der Waals surface area contributed by atoms with E-state index in [0.29, 0.717) is 6.54 Å². The van der Waals surface area contributed by atoms with Crippen molar-refractivity contribution in [2.45, 2.75) is 25.4 Å². The maximum absolute atomic E-state index is 11.1. The van der Waals surface area contributed by atoms with Gasteiger partial charge >= 0.3 is 6.03 Å². The Hall–Kier alpha value is -1.10. The van der Waals surface area contributed by atoms with Crippen molar-refractivity contribution in [3.8, 4) is 0 Å². The lowest BCUT2D eigenvalue weighted by Crippen LogP contribution is -2.30. The van der Waals surface area contributed by atoms with Crippen LogP contribution in [-0.4, -0.2) is 42.6 Å². The summed E-state index contributed by atoms with van der Waals surface area (Å²) in [6.45, 7) is 1.64. The van der Waals surface area contributed by atoms with Gasteiger partial charge in [0.2, 0.25) is 5.91 Å². The Morgan fingerprint density at radius 2 is 2.36 bits per heavy atom. The Labute approximate surface area is 82.4 Å². The van der Waals surface area contributed by atoms with E-state index in [1.165, 1.54) is 4.90 Å². The minimum atomic E-state index is -0.270. The van der Waals surface area contributed by atoms with Gasteiger partial charge in [-0.2, -0.15) is 0 Å². The predicted molar refractivity (Wildman–Crippen MR) is 48.7 cm³/mol. The highest BCUT2D eigenvalue weighted by Crippen LogP contribution is 2.16. The van der Waals surface area contributed by atoms with Crippen molar-refractivity contribution in [3.05, 3.63) is 0 Å². The van der Waals surface area contributed by atoms with Gasteiger partial charge in [0.05, 0.1) is 6.10 Å². The summed E-state index contributed by atoms with van der Waals surface area (Å²) in [6.07, 6.45) is 3.29. The predicted octanol–water partition coefficient (Wildman–Crippen LogP) is 0.107. The average molecular weight is 198 g/mol. The smallest absolute Gasteiger partial charge is 0.324 e. The molecule has 5 nitrogen and oxygen atoms in total. The molecule has 0 bridgehead atoms. The number of nitrogens with zero attached hydrogens (tertiary/aromatic N) is 1. The summed E-state index contributed by atoms with van der Waals surface area (Å²) in [5, 5.41) is 2.25. The topological polar surface area (TPSA) is 58.6 Å². The summed E-state index contributed by atoms with van der Waals surface area (Å²) in [5.74, 6) is -0.206. The van der Waals surface area contributed by atoms with Crippen LogP contribution in [0, 0.1) is 0 Å². The Morgan fingerprint density at radius 1 is 1.50 bits per heavy atom. The van der Waals surface area contributed by atoms with Crippen molar-refractivity contribution < 1.29 is 14.3 Å². The molecule has 3 amide bonds. The second-order valence-corrected chi connectivity index (χ2v) is 3.70. The number of carbonyl (C=O) groups is 2. The van der Waals surface area contributed by atoms with Crippen molar-refractivity contribution in [2.24, 2.45) is 0 Å². The van der Waals surface area contributed by atoms with Gasteiger partial charge in [-0.1, -0.05) is 0 Å². The summed E-state index contributed by atoms with van der Waals surface area (Å²) in [4.78, 5) is 23.5. The van der Waals surface area contributed by atoms with Crippen LogP contribution in [0.5, 0.6) is 0 Å². The highest BCUT2D eigenvalue weighted by atomic mass is 16.5. The highest BCUT2D eigenvalue weighted by Gasteiger charge is 2.27. The number of hydrogen-bond donors (Lipinski definition) is 1. The Kier molecular flexibility index (Phi) is 2.67. The highest BCUT2D eigenvalue weighted by molar-refractivity contribution is 6.01. The first-order chi connectivity index (χ1) is 6.75. The molecule has 1 unspecified atom stereocenters. The maximum atomic E-state index is 11.1. The van der Waals surface area contributed by atoms with Gasteiger partial charge < -0.3 is 9.64 Å². The average Bonchev–Trinajstić information content (AvgIpc) is 2.72. The van der Waals surface area contributed by atoms with Gasteiger partial charge in [-0.15, -0.1) is 0 Å². The Bertz CT molecular complexity index is 248. The van der Waals surface area contributed by atoms with E-state index in [2.05, 4.69) is 5.32 Å². The van der Waals surface area contributed by atoms with Gasteiger partial charge in [-0.3, -0.25) is 10.1 Å². The molecule has 5 heteroatoms. The van der Waals surface area contributed by atoms with E-state index < -0.39 is 0 Å². The molecule has 14 heavy (non-hydrogen) atoms. The van der Waals surface area contributed by atoms with Crippen LogP contribution in [0.2, 0.25) is 0 Å². The summed E-state index contributed by atoms with van der Waals surface area (Å²) in [7, 11) is 0. The molecule has 2 heterocycles. The van der Waals surface area contributed by atoms with Crippen molar-refractivity contribution in [1.29, 1.82) is 0 Å². The number of imide groups is 1. The zero-order valence-corrected chi connectivity index (χ0v) is 7.99. The van der Waals surface area contributed by atoms with Crippen LogP contribution in [0.1, 0.15) is 19.3 Å². The molecule has 0 saturated carbocycles. The van der Waals surface area contributed by atoms with E-state index in [0.717, 1.165) is 25.9 Å². The second kappa shape index (κ2) is 3.96. The number of carbonyl (C=O) groups excluding carboxylic acids is 2. The number of amides is 3. The molecule has 0 aromatic rings. The fraction of sp³-hybridized carbons (Fsp3) is 0.778. The second-order valence-electron chi connectivity index (χ2n) is 3.70. The molecule has 2 aliphatic rings. The van der Waals surface area contributed by atoms with Gasteiger partial charge in [0.15, 0.2) is 0 Å². The standard InChI is InChI=1S/C9H14N2O3/c12-8-6-11(9(13)10-8)4-3-7-2-1-5-14-7/h7H,1-6H2,(H,10,12,13). The monoisotopic (exact) mass is 198 g/mol. The largest absolute Gasteiger partial charge is 0.378 e. The minimum absolute atomic E-state index is 0.200. The molecule has 78 valence electrons. The molecule has 2 rings (SSSR count). The molecule has 0 aromatic heterocycles. The molecule has 0 radical (unpaired) electrons. The van der Waals surface area contributed by atoms with Crippen LogP contribution in [0.4, 0.5) is 4.79 Å². The van der Waals surface area contributed by atoms with Crippen LogP contribution < -0.4 is 5.32 Å². The van der Waals surface area contributed by atoms with Crippen LogP contribution in [0.25, 0.3) is 0 Å². The molecular formula is C9H14N2O3. The molecule has 2 aliphatic heterocycles. The van der Waals surface area contributed by atoms with Gasteiger partial charge in [0, 0.05) is 13.2 Å². The SMILES string of the molecule is O=C1CN(CCC2CCCO2)C(=O)N1. The van der Waals surface area contributed by atoms with Crippen molar-refractivity contribution in [2.75, 3.05) is 19.7 Å². The third-order valence-electron chi connectivity index (χ3n) is 2.61. The lowest BCUT2D eigenvalue weighted by molar-refractivity contribution is -0.118. The quantitative estimate of drug-likeness (QED) is 0.655. The van der Waals surface area contributed by atoms with Crippen LogP contribution in [-0.2, 0) is 9.53 Å². The zero-order chi connectivity index (χ0) is 9.97. The first-order valence-electron chi connectivity index (χ1n) is 4.96. The molecule has 0 aliphatic carbocycles. The maximum Gasteiger partial charge on any atom is 0.324 e. The lowest BCUT2D eigenvalue weighted by atomic mass is 10.2. The Morgan fingerprint density at radius 3 is 2.93 bits per heavy atom. The van der Waals surface area contributed by atoms with Gasteiger partial charge in [-0.05, 0) is 19.3 Å². The molecular weight excluding hydrogens is 184 g/mol. The summed E-state index contributed by atoms with van der Waals surface area (Å²) in [6, 6.07) is -0.270. The fourth-order valence-corrected chi connectivity index (χ4v) is 1.84. The van der Waals surface area contributed by atoms with Gasteiger partial charge in [0.25, 0.3) is 0 Å². The van der Waals surface area contributed by atoms with E-state index in [9.17, 15) is 9.59 Å². The summed E-state index contributed by atoms with van der Waals surface area (Å²) >= 11 is 0. The van der Waals surface area contributed by atoms with Crippen molar-refractivity contribution >= 4 is 11.9 Å². The lowest BCUT2D eigenvalue weighted by Gasteiger charge is -2.15. The number of rotatable bonds is 3. The third kappa shape index (κ3) is 2.04.